The minimum Gasteiger partial charge on any atom is -0.406 e. The van der Waals surface area contributed by atoms with Gasteiger partial charge in [0.1, 0.15) is 10.1 Å². The van der Waals surface area contributed by atoms with Gasteiger partial charge in [0.05, 0.1) is 4.91 Å². The lowest BCUT2D eigenvalue weighted by Gasteiger charge is -2.08. The lowest BCUT2D eigenvalue weighted by atomic mass is 10.2. The van der Waals surface area contributed by atoms with Crippen molar-refractivity contribution in [1.82, 2.24) is 5.32 Å². The molecule has 0 radical (unpaired) electrons. The van der Waals surface area contributed by atoms with E-state index >= 15 is 0 Å². The lowest BCUT2D eigenvalue weighted by Crippen LogP contribution is -2.17. The molecule has 0 aliphatic carbocycles. The third-order valence-electron chi connectivity index (χ3n) is 2.05. The second-order valence-corrected chi connectivity index (χ2v) is 5.19. The van der Waals surface area contributed by atoms with Crippen molar-refractivity contribution in [3.63, 3.8) is 0 Å². The van der Waals surface area contributed by atoms with Crippen LogP contribution in [0, 0.1) is 0 Å². The van der Waals surface area contributed by atoms with Gasteiger partial charge in [0.2, 0.25) is 0 Å². The van der Waals surface area contributed by atoms with E-state index in [9.17, 15) is 18.0 Å². The highest BCUT2D eigenvalue weighted by atomic mass is 32.2. The molecule has 0 saturated carbocycles. The van der Waals surface area contributed by atoms with Gasteiger partial charge in [0, 0.05) is 0 Å². The zero-order chi connectivity index (χ0) is 14.0. The summed E-state index contributed by atoms with van der Waals surface area (Å²) in [5, 5.41) is 2.44. The number of thiocarbonyl (C=S) groups is 1. The van der Waals surface area contributed by atoms with Crippen LogP contribution in [0.15, 0.2) is 29.2 Å². The number of thioether (sulfide) groups is 1. The number of nitrogens with one attached hydrogen (secondary N) is 1. The largest absolute Gasteiger partial charge is 0.573 e. The summed E-state index contributed by atoms with van der Waals surface area (Å²) in [6.07, 6.45) is -3.18. The molecule has 8 heteroatoms. The maximum absolute atomic E-state index is 12.0. The van der Waals surface area contributed by atoms with Crippen LogP contribution >= 0.6 is 24.0 Å². The van der Waals surface area contributed by atoms with Gasteiger partial charge in [0.15, 0.2) is 0 Å². The van der Waals surface area contributed by atoms with E-state index in [0.29, 0.717) is 14.8 Å². The first-order valence-corrected chi connectivity index (χ1v) is 6.17. The van der Waals surface area contributed by atoms with E-state index in [1.54, 1.807) is 0 Å². The van der Waals surface area contributed by atoms with Gasteiger partial charge in [-0.1, -0.05) is 36.1 Å². The Labute approximate surface area is 115 Å². The Bertz CT molecular complexity index is 552. The first kappa shape index (κ1) is 13.9. The number of rotatable bonds is 2. The van der Waals surface area contributed by atoms with Crippen LogP contribution in [0.25, 0.3) is 6.08 Å². The zero-order valence-electron chi connectivity index (χ0n) is 9.15. The minimum atomic E-state index is -4.71. The number of carbonyl (C=O) groups is 1. The molecule has 0 atom stereocenters. The quantitative estimate of drug-likeness (QED) is 0.673. The van der Waals surface area contributed by atoms with E-state index in [-0.39, 0.29) is 11.7 Å². The average Bonchev–Trinajstić information content (AvgIpc) is 2.58. The monoisotopic (exact) mass is 305 g/mol. The van der Waals surface area contributed by atoms with Gasteiger partial charge in [-0.25, -0.2) is 0 Å². The molecule has 19 heavy (non-hydrogen) atoms. The van der Waals surface area contributed by atoms with Gasteiger partial charge in [-0.15, -0.1) is 13.2 Å². The molecule has 1 aliphatic rings. The molecule has 1 aromatic carbocycles. The number of alkyl halides is 3. The third kappa shape index (κ3) is 3.97. The fourth-order valence-electron chi connectivity index (χ4n) is 1.34. The van der Waals surface area contributed by atoms with Gasteiger partial charge in [-0.2, -0.15) is 0 Å². The van der Waals surface area contributed by atoms with Crippen LogP contribution in [0.5, 0.6) is 5.75 Å². The highest BCUT2D eigenvalue weighted by molar-refractivity contribution is 8.26. The summed E-state index contributed by atoms with van der Waals surface area (Å²) in [5.41, 5.74) is 0.580. The Kier molecular flexibility index (Phi) is 3.81. The van der Waals surface area contributed by atoms with E-state index in [4.69, 9.17) is 12.2 Å². The van der Waals surface area contributed by atoms with Crippen LogP contribution in [-0.4, -0.2) is 16.6 Å². The van der Waals surface area contributed by atoms with Crippen molar-refractivity contribution in [2.45, 2.75) is 6.36 Å². The predicted molar refractivity (Wildman–Crippen MR) is 69.4 cm³/mol. The van der Waals surface area contributed by atoms with Crippen molar-refractivity contribution >= 4 is 40.3 Å². The van der Waals surface area contributed by atoms with Crippen molar-refractivity contribution in [2.24, 2.45) is 0 Å². The molecule has 1 saturated heterocycles. The number of carbonyl (C=O) groups excluding carboxylic acids is 1. The highest BCUT2D eigenvalue weighted by Crippen LogP contribution is 2.27. The van der Waals surface area contributed by atoms with E-state index < -0.39 is 6.36 Å². The summed E-state index contributed by atoms with van der Waals surface area (Å²) in [7, 11) is 0. The molecular formula is C11H6F3NO2S2. The van der Waals surface area contributed by atoms with Crippen molar-refractivity contribution in [3.05, 3.63) is 34.7 Å². The molecule has 0 bridgehead atoms. The molecule has 1 N–H and O–H groups in total. The van der Waals surface area contributed by atoms with Gasteiger partial charge in [-0.05, 0) is 23.8 Å². The lowest BCUT2D eigenvalue weighted by molar-refractivity contribution is -0.274. The van der Waals surface area contributed by atoms with E-state index in [0.717, 1.165) is 11.8 Å². The number of hydrogen-bond donors (Lipinski definition) is 1. The Balaban J connectivity index is 2.13. The number of amides is 1. The van der Waals surface area contributed by atoms with Crippen molar-refractivity contribution in [2.75, 3.05) is 0 Å². The molecule has 1 aliphatic heterocycles. The Morgan fingerprint density at radius 3 is 2.37 bits per heavy atom. The normalized spacial score (nSPS) is 17.7. The predicted octanol–water partition coefficient (Wildman–Crippen LogP) is 3.07. The number of ether oxygens (including phenoxy) is 1. The smallest absolute Gasteiger partial charge is 0.406 e. The molecule has 3 nitrogen and oxygen atoms in total. The van der Waals surface area contributed by atoms with Gasteiger partial charge >= 0.3 is 6.36 Å². The van der Waals surface area contributed by atoms with E-state index in [1.165, 1.54) is 30.3 Å². The minimum absolute atomic E-state index is 0.311. The molecule has 1 heterocycles. The standard InChI is InChI=1S/C11H6F3NO2S2/c12-11(13,14)17-7-3-1-6(2-4-7)5-8-9(16)15-10(18)19-8/h1-5H,(H,15,16,18)/b8-5-. The molecule has 0 aromatic heterocycles. The summed E-state index contributed by atoms with van der Waals surface area (Å²) in [6, 6.07) is 5.19. The van der Waals surface area contributed by atoms with Crippen molar-refractivity contribution in [1.29, 1.82) is 0 Å². The summed E-state index contributed by atoms with van der Waals surface area (Å²) >= 11 is 5.92. The first-order valence-electron chi connectivity index (χ1n) is 4.94. The second kappa shape index (κ2) is 5.22. The first-order chi connectivity index (χ1) is 8.83. The highest BCUT2D eigenvalue weighted by Gasteiger charge is 2.31. The molecule has 0 spiro atoms. The molecule has 1 amide bonds. The topological polar surface area (TPSA) is 38.3 Å². The van der Waals surface area contributed by atoms with E-state index in [2.05, 4.69) is 10.1 Å². The van der Waals surface area contributed by atoms with Crippen LogP contribution < -0.4 is 10.1 Å². The maximum Gasteiger partial charge on any atom is 0.573 e. The fourth-order valence-corrected chi connectivity index (χ4v) is 2.38. The fraction of sp³-hybridized carbons (Fsp3) is 0.0909. The van der Waals surface area contributed by atoms with Crippen LogP contribution in [0.4, 0.5) is 13.2 Å². The van der Waals surface area contributed by atoms with Crippen molar-refractivity contribution < 1.29 is 22.7 Å². The van der Waals surface area contributed by atoms with Crippen LogP contribution in [0.1, 0.15) is 5.56 Å². The molecular weight excluding hydrogens is 299 g/mol. The van der Waals surface area contributed by atoms with Gasteiger partial charge in [-0.3, -0.25) is 4.79 Å². The SMILES string of the molecule is O=C1NC(=S)S/C1=C\c1ccc(OC(F)(F)F)cc1. The van der Waals surface area contributed by atoms with Crippen LogP contribution in [-0.2, 0) is 4.79 Å². The Hall–Kier alpha value is -1.54. The van der Waals surface area contributed by atoms with Crippen LogP contribution in [0.2, 0.25) is 0 Å². The molecule has 100 valence electrons. The molecule has 1 aromatic rings. The Morgan fingerprint density at radius 1 is 1.26 bits per heavy atom. The number of halogens is 3. The van der Waals surface area contributed by atoms with Crippen molar-refractivity contribution in [3.8, 4) is 5.75 Å². The van der Waals surface area contributed by atoms with E-state index in [1.807, 2.05) is 0 Å². The van der Waals surface area contributed by atoms with Gasteiger partial charge in [0.25, 0.3) is 5.91 Å². The summed E-state index contributed by atoms with van der Waals surface area (Å²) in [5.74, 6) is -0.626. The second-order valence-electron chi connectivity index (χ2n) is 3.47. The maximum atomic E-state index is 12.0. The summed E-state index contributed by atoms with van der Waals surface area (Å²) in [6.45, 7) is 0. The molecule has 0 unspecified atom stereocenters. The Morgan fingerprint density at radius 2 is 1.89 bits per heavy atom. The number of hydrogen-bond acceptors (Lipinski definition) is 4. The third-order valence-corrected chi connectivity index (χ3v) is 3.22. The zero-order valence-corrected chi connectivity index (χ0v) is 10.8. The summed E-state index contributed by atoms with van der Waals surface area (Å²) < 4.78 is 40.0. The molecule has 2 rings (SSSR count). The average molecular weight is 305 g/mol. The number of benzene rings is 1. The van der Waals surface area contributed by atoms with Crippen LogP contribution in [0.3, 0.4) is 0 Å². The van der Waals surface area contributed by atoms with Gasteiger partial charge < -0.3 is 10.1 Å². The summed E-state index contributed by atoms with van der Waals surface area (Å²) in [4.78, 5) is 11.8. The molecule has 1 fully saturated rings.